The average Bonchev–Trinajstić information content (AvgIpc) is 3.36. The number of benzene rings is 4. The molecule has 0 saturated carbocycles. The molecule has 1 nitrogen and oxygen atoms in total. The standard InChI is InChI=1S/C44H51N/c1-3-5-7-9-11-17-30-44(31-18-12-10-8-6-4-2)41-22-16-15-21-39(41)40-28-27-37(33-42(40)44)34-23-25-36(26-24-34)43-38-20-14-13-19-35(38)29-32-45-43/h13-16,19-29,32-33H,3-12,17-18,30-31H2,1-2H3. The van der Waals surface area contributed by atoms with Crippen LogP contribution >= 0.6 is 0 Å². The van der Waals surface area contributed by atoms with Gasteiger partial charge in [0.15, 0.2) is 0 Å². The summed E-state index contributed by atoms with van der Waals surface area (Å²) in [5.74, 6) is 0. The van der Waals surface area contributed by atoms with E-state index in [9.17, 15) is 0 Å². The fourth-order valence-corrected chi connectivity index (χ4v) is 7.88. The van der Waals surface area contributed by atoms with Gasteiger partial charge >= 0.3 is 0 Å². The predicted octanol–water partition coefficient (Wildman–Crippen LogP) is 13.3. The van der Waals surface area contributed by atoms with Crippen LogP contribution in [0.25, 0.3) is 44.3 Å². The van der Waals surface area contributed by atoms with Crippen LogP contribution in [0.1, 0.15) is 115 Å². The van der Waals surface area contributed by atoms with Gasteiger partial charge in [-0.2, -0.15) is 0 Å². The summed E-state index contributed by atoms with van der Waals surface area (Å²) in [5, 5.41) is 2.44. The quantitative estimate of drug-likeness (QED) is 0.104. The SMILES string of the molecule is CCCCCCCCC1(CCCCCCCC)c2ccccc2-c2ccc(-c3ccc(-c4nccc5ccccc45)cc3)cc21. The van der Waals surface area contributed by atoms with Crippen LogP contribution in [0.15, 0.2) is 103 Å². The zero-order valence-corrected chi connectivity index (χ0v) is 27.7. The van der Waals surface area contributed by atoms with E-state index in [4.69, 9.17) is 4.98 Å². The minimum Gasteiger partial charge on any atom is -0.256 e. The lowest BCUT2D eigenvalue weighted by Gasteiger charge is -2.33. The van der Waals surface area contributed by atoms with Gasteiger partial charge in [0.1, 0.15) is 0 Å². The van der Waals surface area contributed by atoms with Gasteiger partial charge in [-0.05, 0) is 63.7 Å². The smallest absolute Gasteiger partial charge is 0.0780 e. The van der Waals surface area contributed by atoms with Crippen LogP contribution in [0, 0.1) is 0 Å². The van der Waals surface area contributed by atoms with Crippen molar-refractivity contribution in [3.63, 3.8) is 0 Å². The van der Waals surface area contributed by atoms with Gasteiger partial charge in [0.25, 0.3) is 0 Å². The molecule has 1 aliphatic rings. The van der Waals surface area contributed by atoms with Gasteiger partial charge in [-0.15, -0.1) is 0 Å². The van der Waals surface area contributed by atoms with Crippen LogP contribution < -0.4 is 0 Å². The molecule has 45 heavy (non-hydrogen) atoms. The van der Waals surface area contributed by atoms with E-state index in [0.29, 0.717) is 0 Å². The maximum absolute atomic E-state index is 4.77. The molecule has 0 radical (unpaired) electrons. The molecule has 1 heteroatoms. The zero-order valence-electron chi connectivity index (χ0n) is 27.7. The molecular formula is C44H51N. The summed E-state index contributed by atoms with van der Waals surface area (Å²) in [6.45, 7) is 4.63. The summed E-state index contributed by atoms with van der Waals surface area (Å²) in [4.78, 5) is 4.77. The van der Waals surface area contributed by atoms with Crippen LogP contribution in [-0.2, 0) is 5.41 Å². The van der Waals surface area contributed by atoms with Crippen molar-refractivity contribution in [2.75, 3.05) is 0 Å². The van der Waals surface area contributed by atoms with E-state index in [0.717, 1.165) is 5.69 Å². The molecule has 1 aliphatic carbocycles. The fourth-order valence-electron chi connectivity index (χ4n) is 7.88. The van der Waals surface area contributed by atoms with E-state index < -0.39 is 0 Å². The first-order chi connectivity index (χ1) is 22.2. The van der Waals surface area contributed by atoms with Crippen molar-refractivity contribution in [1.82, 2.24) is 4.98 Å². The number of aromatic nitrogens is 1. The van der Waals surface area contributed by atoms with E-state index in [-0.39, 0.29) is 5.41 Å². The van der Waals surface area contributed by atoms with E-state index in [1.54, 1.807) is 11.1 Å². The Kier molecular flexibility index (Phi) is 10.5. The lowest BCUT2D eigenvalue weighted by molar-refractivity contribution is 0.398. The summed E-state index contributed by atoms with van der Waals surface area (Å²) < 4.78 is 0. The first kappa shape index (κ1) is 31.3. The number of pyridine rings is 1. The highest BCUT2D eigenvalue weighted by atomic mass is 14.7. The minimum atomic E-state index is 0.115. The third-order valence-electron chi connectivity index (χ3n) is 10.3. The third-order valence-corrected chi connectivity index (χ3v) is 10.3. The second-order valence-electron chi connectivity index (χ2n) is 13.4. The molecule has 0 bridgehead atoms. The Morgan fingerprint density at radius 1 is 0.489 bits per heavy atom. The molecule has 0 amide bonds. The molecule has 0 N–H and O–H groups in total. The minimum absolute atomic E-state index is 0.115. The largest absolute Gasteiger partial charge is 0.256 e. The highest BCUT2D eigenvalue weighted by molar-refractivity contribution is 5.94. The Labute approximate surface area is 272 Å². The van der Waals surface area contributed by atoms with Crippen molar-refractivity contribution in [1.29, 1.82) is 0 Å². The molecule has 0 fully saturated rings. The number of hydrogen-bond donors (Lipinski definition) is 0. The van der Waals surface area contributed by atoms with Gasteiger partial charge in [-0.25, -0.2) is 0 Å². The molecule has 0 spiro atoms. The molecule has 4 aromatic carbocycles. The van der Waals surface area contributed by atoms with Crippen LogP contribution in [0.3, 0.4) is 0 Å². The highest BCUT2D eigenvalue weighted by Crippen LogP contribution is 2.55. The van der Waals surface area contributed by atoms with E-state index >= 15 is 0 Å². The molecule has 5 aromatic rings. The average molecular weight is 594 g/mol. The lowest BCUT2D eigenvalue weighted by Crippen LogP contribution is -2.25. The Morgan fingerprint density at radius 3 is 1.80 bits per heavy atom. The van der Waals surface area contributed by atoms with Crippen molar-refractivity contribution >= 4 is 10.8 Å². The van der Waals surface area contributed by atoms with Crippen LogP contribution in [0.2, 0.25) is 0 Å². The molecule has 0 saturated heterocycles. The monoisotopic (exact) mass is 593 g/mol. The molecule has 232 valence electrons. The predicted molar refractivity (Wildman–Crippen MR) is 195 cm³/mol. The van der Waals surface area contributed by atoms with Crippen LogP contribution in [-0.4, -0.2) is 4.98 Å². The first-order valence-electron chi connectivity index (χ1n) is 17.9. The lowest BCUT2D eigenvalue weighted by atomic mass is 9.70. The van der Waals surface area contributed by atoms with Gasteiger partial charge in [-0.1, -0.05) is 176 Å². The summed E-state index contributed by atoms with van der Waals surface area (Å²) in [7, 11) is 0. The number of unbranched alkanes of at least 4 members (excludes halogenated alkanes) is 10. The zero-order chi connectivity index (χ0) is 30.9. The third kappa shape index (κ3) is 6.79. The molecule has 0 aliphatic heterocycles. The van der Waals surface area contributed by atoms with E-state index in [2.05, 4.69) is 111 Å². The van der Waals surface area contributed by atoms with Crippen molar-refractivity contribution in [3.05, 3.63) is 114 Å². The summed E-state index contributed by atoms with van der Waals surface area (Å²) in [5.41, 5.74) is 11.0. The maximum atomic E-state index is 4.77. The van der Waals surface area contributed by atoms with E-state index in [1.807, 2.05) is 6.20 Å². The molecule has 0 unspecified atom stereocenters. The Morgan fingerprint density at radius 2 is 1.07 bits per heavy atom. The number of hydrogen-bond acceptors (Lipinski definition) is 1. The molecule has 0 atom stereocenters. The number of rotatable bonds is 16. The summed E-state index contributed by atoms with van der Waals surface area (Å²) >= 11 is 0. The number of nitrogens with zero attached hydrogens (tertiary/aromatic N) is 1. The van der Waals surface area contributed by atoms with Gasteiger partial charge in [0.05, 0.1) is 5.69 Å². The van der Waals surface area contributed by atoms with Crippen molar-refractivity contribution < 1.29 is 0 Å². The summed E-state index contributed by atoms with van der Waals surface area (Å²) in [6.07, 6.45) is 20.6. The van der Waals surface area contributed by atoms with Crippen LogP contribution in [0.4, 0.5) is 0 Å². The second kappa shape index (κ2) is 15.0. The maximum Gasteiger partial charge on any atom is 0.0780 e. The van der Waals surface area contributed by atoms with Crippen molar-refractivity contribution in [3.8, 4) is 33.5 Å². The second-order valence-corrected chi connectivity index (χ2v) is 13.4. The molecular weight excluding hydrogens is 542 g/mol. The summed E-state index contributed by atoms with van der Waals surface area (Å²) in [6, 6.07) is 36.4. The van der Waals surface area contributed by atoms with Gasteiger partial charge in [0, 0.05) is 22.6 Å². The topological polar surface area (TPSA) is 12.9 Å². The van der Waals surface area contributed by atoms with E-state index in [1.165, 1.54) is 128 Å². The van der Waals surface area contributed by atoms with Crippen molar-refractivity contribution in [2.24, 2.45) is 0 Å². The fraction of sp³-hybridized carbons (Fsp3) is 0.386. The molecule has 1 heterocycles. The molecule has 1 aromatic heterocycles. The molecule has 6 rings (SSSR count). The Hall–Kier alpha value is -3.71. The van der Waals surface area contributed by atoms with Gasteiger partial charge in [0.2, 0.25) is 0 Å². The van der Waals surface area contributed by atoms with Crippen LogP contribution in [0.5, 0.6) is 0 Å². The Bertz CT molecular complexity index is 1660. The van der Waals surface area contributed by atoms with Gasteiger partial charge < -0.3 is 0 Å². The first-order valence-corrected chi connectivity index (χ1v) is 17.9. The normalized spacial score (nSPS) is 13.2. The Balaban J connectivity index is 1.32. The number of fused-ring (bicyclic) bond motifs is 4. The van der Waals surface area contributed by atoms with Crippen molar-refractivity contribution in [2.45, 2.75) is 109 Å². The van der Waals surface area contributed by atoms with Gasteiger partial charge in [-0.3, -0.25) is 4.98 Å². The highest BCUT2D eigenvalue weighted by Gasteiger charge is 2.42.